The second kappa shape index (κ2) is 4.63. The van der Waals surface area contributed by atoms with Crippen molar-refractivity contribution < 1.29 is 4.74 Å². The van der Waals surface area contributed by atoms with Crippen LogP contribution >= 0.6 is 0 Å². The van der Waals surface area contributed by atoms with Gasteiger partial charge in [0.05, 0.1) is 7.11 Å². The van der Waals surface area contributed by atoms with Crippen molar-refractivity contribution in [3.05, 3.63) is 35.9 Å². The van der Waals surface area contributed by atoms with E-state index in [-0.39, 0.29) is 0 Å². The van der Waals surface area contributed by atoms with Gasteiger partial charge in [-0.15, -0.1) is 0 Å². The first kappa shape index (κ1) is 13.4. The molecule has 21 heavy (non-hydrogen) atoms. The van der Waals surface area contributed by atoms with Gasteiger partial charge >= 0.3 is 0 Å². The van der Waals surface area contributed by atoms with Gasteiger partial charge in [0.25, 0.3) is 0 Å². The predicted molar refractivity (Wildman–Crippen MR) is 87.6 cm³/mol. The summed E-state index contributed by atoms with van der Waals surface area (Å²) in [4.78, 5) is 0. The van der Waals surface area contributed by atoms with E-state index in [2.05, 4.69) is 31.7 Å². The fourth-order valence-electron chi connectivity index (χ4n) is 5.64. The minimum Gasteiger partial charge on any atom is -0.497 e. The van der Waals surface area contributed by atoms with Crippen LogP contribution in [0, 0.1) is 17.3 Å². The van der Waals surface area contributed by atoms with Gasteiger partial charge in [0, 0.05) is 0 Å². The van der Waals surface area contributed by atoms with Gasteiger partial charge in [0.1, 0.15) is 5.75 Å². The maximum absolute atomic E-state index is 5.41. The molecule has 0 heterocycles. The summed E-state index contributed by atoms with van der Waals surface area (Å²) in [5.41, 5.74) is 4.87. The minimum absolute atomic E-state index is 0.616. The molecule has 0 N–H and O–H groups in total. The van der Waals surface area contributed by atoms with E-state index in [1.807, 2.05) is 0 Å². The molecule has 1 heteroatoms. The van der Waals surface area contributed by atoms with Crippen molar-refractivity contribution in [1.29, 1.82) is 0 Å². The summed E-state index contributed by atoms with van der Waals surface area (Å²) in [7, 11) is 1.75. The SMILES string of the molecule is C=C1C[C@@H]2[C@H](CC[C@]3(C)CCC[C@@H]23)c2ccc(OC)cc21. The lowest BCUT2D eigenvalue weighted by molar-refractivity contribution is 0.0702. The zero-order valence-electron chi connectivity index (χ0n) is 13.3. The molecular formula is C20H26O. The van der Waals surface area contributed by atoms with Crippen LogP contribution in [0.15, 0.2) is 24.8 Å². The molecule has 1 aromatic rings. The lowest BCUT2D eigenvalue weighted by Crippen LogP contribution is -2.39. The molecule has 0 aromatic heterocycles. The van der Waals surface area contributed by atoms with E-state index in [4.69, 9.17) is 4.74 Å². The molecule has 2 saturated carbocycles. The van der Waals surface area contributed by atoms with Crippen molar-refractivity contribution in [2.24, 2.45) is 17.3 Å². The van der Waals surface area contributed by atoms with Gasteiger partial charge in [-0.25, -0.2) is 0 Å². The second-order valence-electron chi connectivity index (χ2n) is 7.72. The molecule has 0 bridgehead atoms. The Kier molecular flexibility index (Phi) is 2.96. The van der Waals surface area contributed by atoms with Crippen molar-refractivity contribution in [2.45, 2.75) is 51.4 Å². The average molecular weight is 282 g/mol. The predicted octanol–water partition coefficient (Wildman–Crippen LogP) is 5.41. The maximum Gasteiger partial charge on any atom is 0.119 e. The third-order valence-corrected chi connectivity index (χ3v) is 6.74. The normalized spacial score (nSPS) is 37.6. The van der Waals surface area contributed by atoms with Crippen LogP contribution in [-0.4, -0.2) is 7.11 Å². The Labute approximate surface area is 128 Å². The molecule has 1 aromatic carbocycles. The topological polar surface area (TPSA) is 9.23 Å². The van der Waals surface area contributed by atoms with E-state index in [1.165, 1.54) is 49.7 Å². The molecule has 0 aliphatic heterocycles. The number of rotatable bonds is 1. The third-order valence-electron chi connectivity index (χ3n) is 6.74. The number of methoxy groups -OCH3 is 1. The van der Waals surface area contributed by atoms with E-state index in [9.17, 15) is 0 Å². The molecule has 1 nitrogen and oxygen atoms in total. The number of fused-ring (bicyclic) bond motifs is 5. The molecule has 3 aliphatic carbocycles. The Morgan fingerprint density at radius 1 is 1.24 bits per heavy atom. The molecule has 3 aliphatic rings. The first-order valence-electron chi connectivity index (χ1n) is 8.48. The number of hydrogen-bond donors (Lipinski definition) is 0. The van der Waals surface area contributed by atoms with E-state index in [0.717, 1.165) is 23.5 Å². The quantitative estimate of drug-likeness (QED) is 0.669. The highest BCUT2D eigenvalue weighted by atomic mass is 16.5. The van der Waals surface area contributed by atoms with Crippen molar-refractivity contribution >= 4 is 5.57 Å². The molecule has 2 fully saturated rings. The Bertz CT molecular complexity index is 588. The van der Waals surface area contributed by atoms with Gasteiger partial charge in [0.15, 0.2) is 0 Å². The molecule has 4 atom stereocenters. The molecule has 0 saturated heterocycles. The molecule has 0 amide bonds. The molecule has 0 unspecified atom stereocenters. The highest BCUT2D eigenvalue weighted by Gasteiger charge is 2.50. The summed E-state index contributed by atoms with van der Waals surface area (Å²) in [5.74, 6) is 3.48. The molecule has 0 radical (unpaired) electrons. The van der Waals surface area contributed by atoms with Gasteiger partial charge in [-0.05, 0) is 84.1 Å². The standard InChI is InChI=1S/C20H26O/c1-13-11-18-16(8-10-20(2)9-4-5-19(18)20)15-7-6-14(21-3)12-17(13)15/h6-7,12,16,18-19H,1,4-5,8-11H2,2-3H3/t16-,18-,19+,20+/m1/s1. The number of allylic oxidation sites excluding steroid dienone is 1. The molecule has 112 valence electrons. The van der Waals surface area contributed by atoms with Crippen LogP contribution < -0.4 is 4.74 Å². The number of benzene rings is 1. The van der Waals surface area contributed by atoms with Gasteiger partial charge in [-0.3, -0.25) is 0 Å². The van der Waals surface area contributed by atoms with Crippen LogP contribution in [0.1, 0.15) is 62.5 Å². The van der Waals surface area contributed by atoms with Gasteiger partial charge < -0.3 is 4.74 Å². The zero-order chi connectivity index (χ0) is 14.6. The van der Waals surface area contributed by atoms with Crippen LogP contribution in [0.2, 0.25) is 0 Å². The number of ether oxygens (including phenoxy) is 1. The Balaban J connectivity index is 1.75. The first-order valence-corrected chi connectivity index (χ1v) is 8.48. The maximum atomic E-state index is 5.41. The first-order chi connectivity index (χ1) is 10.1. The van der Waals surface area contributed by atoms with Crippen LogP contribution in [0.25, 0.3) is 5.57 Å². The van der Waals surface area contributed by atoms with Crippen LogP contribution in [0.4, 0.5) is 0 Å². The third kappa shape index (κ3) is 1.89. The van der Waals surface area contributed by atoms with Gasteiger partial charge in [-0.2, -0.15) is 0 Å². The Morgan fingerprint density at radius 2 is 2.10 bits per heavy atom. The lowest BCUT2D eigenvalue weighted by Gasteiger charge is -2.49. The Morgan fingerprint density at radius 3 is 2.90 bits per heavy atom. The van der Waals surface area contributed by atoms with Crippen molar-refractivity contribution in [3.63, 3.8) is 0 Å². The lowest BCUT2D eigenvalue weighted by atomic mass is 9.55. The summed E-state index contributed by atoms with van der Waals surface area (Å²) < 4.78 is 5.41. The summed E-state index contributed by atoms with van der Waals surface area (Å²) in [6.45, 7) is 6.95. The van der Waals surface area contributed by atoms with Gasteiger partial charge in [0.2, 0.25) is 0 Å². The van der Waals surface area contributed by atoms with Crippen LogP contribution in [-0.2, 0) is 0 Å². The van der Waals surface area contributed by atoms with E-state index >= 15 is 0 Å². The van der Waals surface area contributed by atoms with Crippen LogP contribution in [0.3, 0.4) is 0 Å². The fraction of sp³-hybridized carbons (Fsp3) is 0.600. The summed E-state index contributed by atoms with van der Waals surface area (Å²) >= 11 is 0. The smallest absolute Gasteiger partial charge is 0.119 e. The van der Waals surface area contributed by atoms with E-state index in [1.54, 1.807) is 12.7 Å². The summed E-state index contributed by atoms with van der Waals surface area (Å²) in [5, 5.41) is 0. The van der Waals surface area contributed by atoms with Gasteiger partial charge in [-0.1, -0.05) is 26.0 Å². The molecule has 4 rings (SSSR count). The monoisotopic (exact) mass is 282 g/mol. The largest absolute Gasteiger partial charge is 0.497 e. The van der Waals surface area contributed by atoms with E-state index < -0.39 is 0 Å². The van der Waals surface area contributed by atoms with Crippen molar-refractivity contribution in [3.8, 4) is 5.75 Å². The van der Waals surface area contributed by atoms with E-state index in [0.29, 0.717) is 5.41 Å². The highest BCUT2D eigenvalue weighted by Crippen LogP contribution is 2.62. The average Bonchev–Trinajstić information content (AvgIpc) is 2.89. The minimum atomic E-state index is 0.616. The summed E-state index contributed by atoms with van der Waals surface area (Å²) in [6, 6.07) is 6.65. The zero-order valence-corrected chi connectivity index (χ0v) is 13.3. The van der Waals surface area contributed by atoms with Crippen molar-refractivity contribution in [1.82, 2.24) is 0 Å². The summed E-state index contributed by atoms with van der Waals surface area (Å²) in [6.07, 6.45) is 8.30. The highest BCUT2D eigenvalue weighted by molar-refractivity contribution is 5.71. The Hall–Kier alpha value is -1.24. The fourth-order valence-corrected chi connectivity index (χ4v) is 5.64. The second-order valence-corrected chi connectivity index (χ2v) is 7.72. The number of hydrogen-bond acceptors (Lipinski definition) is 1. The molecule has 0 spiro atoms. The van der Waals surface area contributed by atoms with Crippen molar-refractivity contribution in [2.75, 3.05) is 7.11 Å². The van der Waals surface area contributed by atoms with Crippen LogP contribution in [0.5, 0.6) is 5.75 Å². The molecular weight excluding hydrogens is 256 g/mol.